The molecule has 0 radical (unpaired) electrons. The summed E-state index contributed by atoms with van der Waals surface area (Å²) in [7, 11) is 0. The SMILES string of the molecule is Cc1occc1SCCOc1cccc(C#CCN)c1. The van der Waals surface area contributed by atoms with Gasteiger partial charge in [0.2, 0.25) is 0 Å². The summed E-state index contributed by atoms with van der Waals surface area (Å²) in [6.07, 6.45) is 1.71. The first-order valence-corrected chi connectivity index (χ1v) is 7.37. The molecule has 0 unspecified atom stereocenters. The van der Waals surface area contributed by atoms with Crippen molar-refractivity contribution in [2.24, 2.45) is 5.73 Å². The van der Waals surface area contributed by atoms with Gasteiger partial charge in [-0.25, -0.2) is 0 Å². The summed E-state index contributed by atoms with van der Waals surface area (Å²) in [6.45, 7) is 2.97. The molecule has 0 fully saturated rings. The molecule has 0 amide bonds. The van der Waals surface area contributed by atoms with Crippen molar-refractivity contribution in [3.63, 3.8) is 0 Å². The van der Waals surface area contributed by atoms with Crippen LogP contribution in [0.3, 0.4) is 0 Å². The molecule has 0 spiro atoms. The van der Waals surface area contributed by atoms with Crippen LogP contribution in [0.4, 0.5) is 0 Å². The van der Waals surface area contributed by atoms with E-state index in [-0.39, 0.29) is 0 Å². The van der Waals surface area contributed by atoms with Crippen molar-refractivity contribution in [2.45, 2.75) is 11.8 Å². The maximum atomic E-state index is 5.71. The summed E-state index contributed by atoms with van der Waals surface area (Å²) in [4.78, 5) is 1.16. The van der Waals surface area contributed by atoms with Crippen molar-refractivity contribution in [1.29, 1.82) is 0 Å². The molecule has 0 atom stereocenters. The highest BCUT2D eigenvalue weighted by Gasteiger charge is 2.01. The number of rotatable bonds is 5. The van der Waals surface area contributed by atoms with Crippen molar-refractivity contribution in [3.05, 3.63) is 47.9 Å². The van der Waals surface area contributed by atoms with Gasteiger partial charge >= 0.3 is 0 Å². The van der Waals surface area contributed by atoms with Crippen LogP contribution in [-0.4, -0.2) is 18.9 Å². The molecule has 104 valence electrons. The fraction of sp³-hybridized carbons (Fsp3) is 0.250. The van der Waals surface area contributed by atoms with Gasteiger partial charge in [-0.2, -0.15) is 0 Å². The fourth-order valence-corrected chi connectivity index (χ4v) is 2.44. The summed E-state index contributed by atoms with van der Waals surface area (Å²) in [5, 5.41) is 0. The zero-order valence-electron chi connectivity index (χ0n) is 11.4. The molecule has 2 aromatic rings. The maximum absolute atomic E-state index is 5.71. The number of hydrogen-bond donors (Lipinski definition) is 1. The van der Waals surface area contributed by atoms with Crippen LogP contribution in [0.1, 0.15) is 11.3 Å². The minimum atomic E-state index is 0.367. The Balaban J connectivity index is 1.81. The number of aryl methyl sites for hydroxylation is 1. The number of nitrogens with two attached hydrogens (primary N) is 1. The van der Waals surface area contributed by atoms with E-state index in [1.54, 1.807) is 18.0 Å². The molecule has 0 saturated carbocycles. The highest BCUT2D eigenvalue weighted by Crippen LogP contribution is 2.23. The third kappa shape index (κ3) is 4.37. The van der Waals surface area contributed by atoms with Gasteiger partial charge in [0.1, 0.15) is 11.5 Å². The highest BCUT2D eigenvalue weighted by molar-refractivity contribution is 7.99. The van der Waals surface area contributed by atoms with Crippen LogP contribution >= 0.6 is 11.8 Å². The van der Waals surface area contributed by atoms with Gasteiger partial charge in [-0.05, 0) is 31.2 Å². The lowest BCUT2D eigenvalue weighted by atomic mass is 10.2. The summed E-state index contributed by atoms with van der Waals surface area (Å²) < 4.78 is 11.0. The molecule has 0 aliphatic heterocycles. The molecule has 20 heavy (non-hydrogen) atoms. The smallest absolute Gasteiger partial charge is 0.120 e. The fourth-order valence-electron chi connectivity index (χ4n) is 1.65. The van der Waals surface area contributed by atoms with Crippen molar-refractivity contribution < 1.29 is 9.15 Å². The second-order valence-electron chi connectivity index (χ2n) is 4.07. The van der Waals surface area contributed by atoms with Crippen LogP contribution in [0.25, 0.3) is 0 Å². The molecule has 1 aromatic carbocycles. The average Bonchev–Trinajstić information content (AvgIpc) is 2.87. The molecule has 1 aromatic heterocycles. The summed E-state index contributed by atoms with van der Waals surface area (Å²) in [5.74, 6) is 8.48. The van der Waals surface area contributed by atoms with Crippen LogP contribution in [-0.2, 0) is 0 Å². The van der Waals surface area contributed by atoms with Crippen molar-refractivity contribution in [2.75, 3.05) is 18.9 Å². The molecule has 3 nitrogen and oxygen atoms in total. The van der Waals surface area contributed by atoms with E-state index in [4.69, 9.17) is 14.9 Å². The van der Waals surface area contributed by atoms with E-state index in [9.17, 15) is 0 Å². The monoisotopic (exact) mass is 287 g/mol. The lowest BCUT2D eigenvalue weighted by Gasteiger charge is -2.06. The van der Waals surface area contributed by atoms with Gasteiger partial charge in [0.05, 0.1) is 19.4 Å². The van der Waals surface area contributed by atoms with Gasteiger partial charge in [0, 0.05) is 16.2 Å². The number of ether oxygens (including phenoxy) is 1. The lowest BCUT2D eigenvalue weighted by Crippen LogP contribution is -2.00. The van der Waals surface area contributed by atoms with Crippen molar-refractivity contribution in [1.82, 2.24) is 0 Å². The van der Waals surface area contributed by atoms with E-state index in [1.807, 2.05) is 37.3 Å². The van der Waals surface area contributed by atoms with Gasteiger partial charge in [-0.1, -0.05) is 17.9 Å². The molecular weight excluding hydrogens is 270 g/mol. The van der Waals surface area contributed by atoms with Crippen LogP contribution < -0.4 is 10.5 Å². The van der Waals surface area contributed by atoms with Crippen molar-refractivity contribution in [3.8, 4) is 17.6 Å². The van der Waals surface area contributed by atoms with Crippen LogP contribution in [0.15, 0.2) is 45.9 Å². The molecule has 2 N–H and O–H groups in total. The van der Waals surface area contributed by atoms with Gasteiger partial charge in [-0.3, -0.25) is 0 Å². The van der Waals surface area contributed by atoms with E-state index in [1.165, 1.54) is 0 Å². The summed E-state index contributed by atoms with van der Waals surface area (Å²) in [5.41, 5.74) is 6.28. The second-order valence-corrected chi connectivity index (χ2v) is 5.21. The van der Waals surface area contributed by atoms with Gasteiger partial charge in [0.15, 0.2) is 0 Å². The number of thioether (sulfide) groups is 1. The van der Waals surface area contributed by atoms with Gasteiger partial charge in [0.25, 0.3) is 0 Å². The summed E-state index contributed by atoms with van der Waals surface area (Å²) in [6, 6.07) is 9.71. The molecular formula is C16H17NO2S. The Kier molecular flexibility index (Phi) is 5.60. The van der Waals surface area contributed by atoms with E-state index >= 15 is 0 Å². The standard InChI is InChI=1S/C16H17NO2S/c1-13-16(7-9-18-13)20-11-10-19-15-6-2-4-14(12-15)5-3-8-17/h2,4,6-7,9,12H,8,10-11,17H2,1H3. The molecule has 4 heteroatoms. The number of benzene rings is 1. The Bertz CT molecular complexity index is 610. The Morgan fingerprint density at radius 3 is 3.00 bits per heavy atom. The second kappa shape index (κ2) is 7.68. The van der Waals surface area contributed by atoms with Gasteiger partial charge in [-0.15, -0.1) is 11.8 Å². The maximum Gasteiger partial charge on any atom is 0.120 e. The first-order chi connectivity index (χ1) is 9.79. The quantitative estimate of drug-likeness (QED) is 0.521. The average molecular weight is 287 g/mol. The normalized spacial score (nSPS) is 9.90. The van der Waals surface area contributed by atoms with Gasteiger partial charge < -0.3 is 14.9 Å². The summed E-state index contributed by atoms with van der Waals surface area (Å²) >= 11 is 1.73. The molecule has 1 heterocycles. The third-order valence-corrected chi connectivity index (χ3v) is 3.70. The molecule has 0 aliphatic carbocycles. The lowest BCUT2D eigenvalue weighted by molar-refractivity contribution is 0.344. The zero-order valence-corrected chi connectivity index (χ0v) is 12.2. The molecule has 0 aliphatic rings. The Hall–Kier alpha value is -1.83. The Morgan fingerprint density at radius 1 is 1.35 bits per heavy atom. The molecule has 2 rings (SSSR count). The van der Waals surface area contributed by atoms with E-state index in [0.717, 1.165) is 27.7 Å². The minimum Gasteiger partial charge on any atom is -0.493 e. The molecule has 0 bridgehead atoms. The number of furan rings is 1. The van der Waals surface area contributed by atoms with E-state index < -0.39 is 0 Å². The first-order valence-electron chi connectivity index (χ1n) is 6.38. The van der Waals surface area contributed by atoms with Crippen LogP contribution in [0, 0.1) is 18.8 Å². The minimum absolute atomic E-state index is 0.367. The Morgan fingerprint density at radius 2 is 2.25 bits per heavy atom. The zero-order chi connectivity index (χ0) is 14.2. The molecule has 0 saturated heterocycles. The number of hydrogen-bond acceptors (Lipinski definition) is 4. The Labute approximate surface area is 123 Å². The van der Waals surface area contributed by atoms with Crippen LogP contribution in [0.2, 0.25) is 0 Å². The van der Waals surface area contributed by atoms with Crippen LogP contribution in [0.5, 0.6) is 5.75 Å². The highest BCUT2D eigenvalue weighted by atomic mass is 32.2. The largest absolute Gasteiger partial charge is 0.493 e. The first kappa shape index (κ1) is 14.6. The van der Waals surface area contributed by atoms with Crippen molar-refractivity contribution >= 4 is 11.8 Å². The predicted molar refractivity (Wildman–Crippen MR) is 82.0 cm³/mol. The van der Waals surface area contributed by atoms with E-state index in [0.29, 0.717) is 13.2 Å². The van der Waals surface area contributed by atoms with E-state index in [2.05, 4.69) is 11.8 Å². The predicted octanol–water partition coefficient (Wildman–Crippen LogP) is 3.07. The topological polar surface area (TPSA) is 48.4 Å². The third-order valence-electron chi connectivity index (χ3n) is 2.59.